The zero-order valence-electron chi connectivity index (χ0n) is 15.5. The van der Waals surface area contributed by atoms with Gasteiger partial charge in [-0.3, -0.25) is 9.59 Å². The van der Waals surface area contributed by atoms with Crippen molar-refractivity contribution in [3.63, 3.8) is 0 Å². The third-order valence-electron chi connectivity index (χ3n) is 2.83. The molecule has 0 aromatic carbocycles. The molecule has 0 aliphatic rings. The van der Waals surface area contributed by atoms with Gasteiger partial charge in [0.2, 0.25) is 11.8 Å². The normalized spacial score (nSPS) is 10.9. The van der Waals surface area contributed by atoms with Crippen LogP contribution >= 0.6 is 11.8 Å². The number of carbonyl (C=O) groups is 2. The molecule has 0 atom stereocenters. The van der Waals surface area contributed by atoms with Crippen molar-refractivity contribution in [1.82, 2.24) is 10.6 Å². The van der Waals surface area contributed by atoms with Crippen LogP contribution in [0.2, 0.25) is 0 Å². The zero-order chi connectivity index (χ0) is 18.8. The number of nitrogens with one attached hydrogen (secondary N) is 2. The highest BCUT2D eigenvalue weighted by Crippen LogP contribution is 1.89. The zero-order valence-corrected chi connectivity index (χ0v) is 16.3. The summed E-state index contributed by atoms with van der Waals surface area (Å²) in [5.74, 6) is 0.487. The Morgan fingerprint density at radius 1 is 0.840 bits per heavy atom. The fourth-order valence-electron chi connectivity index (χ4n) is 1.48. The summed E-state index contributed by atoms with van der Waals surface area (Å²) in [6.07, 6.45) is 1.91. The number of amides is 2. The van der Waals surface area contributed by atoms with Gasteiger partial charge in [-0.25, -0.2) is 0 Å². The minimum Gasteiger partial charge on any atom is -0.377 e. The van der Waals surface area contributed by atoms with Gasteiger partial charge < -0.3 is 29.6 Å². The molecule has 0 aromatic heterocycles. The van der Waals surface area contributed by atoms with Gasteiger partial charge in [-0.15, -0.1) is 11.8 Å². The Morgan fingerprint density at radius 2 is 1.36 bits per heavy atom. The first-order valence-corrected chi connectivity index (χ1v) is 9.81. The number of carbonyl (C=O) groups excluding carboxylic acids is 2. The summed E-state index contributed by atoms with van der Waals surface area (Å²) >= 11 is 1.54. The molecule has 9 heteroatoms. The van der Waals surface area contributed by atoms with Gasteiger partial charge in [0, 0.05) is 12.5 Å². The van der Waals surface area contributed by atoms with Crippen LogP contribution in [0, 0.1) is 5.92 Å². The lowest BCUT2D eigenvalue weighted by Crippen LogP contribution is -2.31. The van der Waals surface area contributed by atoms with Gasteiger partial charge in [-0.1, -0.05) is 13.8 Å². The largest absolute Gasteiger partial charge is 0.377 e. The highest BCUT2D eigenvalue weighted by atomic mass is 32.2. The highest BCUT2D eigenvalue weighted by Gasteiger charge is 2.04. The SMILES string of the molecule is CSCNC(=O)COCCOCCOCCOCCNC(=O)C(C)C. The molecule has 0 saturated carbocycles. The van der Waals surface area contributed by atoms with Crippen LogP contribution < -0.4 is 10.6 Å². The molecule has 0 rings (SSSR count). The molecule has 0 spiro atoms. The van der Waals surface area contributed by atoms with Crippen LogP contribution in [0.3, 0.4) is 0 Å². The third kappa shape index (κ3) is 17.7. The fourth-order valence-corrected chi connectivity index (χ4v) is 1.78. The van der Waals surface area contributed by atoms with E-state index < -0.39 is 0 Å². The monoisotopic (exact) mass is 380 g/mol. The van der Waals surface area contributed by atoms with Crippen molar-refractivity contribution in [3.8, 4) is 0 Å². The average molecular weight is 381 g/mol. The van der Waals surface area contributed by atoms with Crippen molar-refractivity contribution >= 4 is 23.6 Å². The minimum atomic E-state index is -0.124. The maximum Gasteiger partial charge on any atom is 0.246 e. The maximum atomic E-state index is 11.3. The van der Waals surface area contributed by atoms with E-state index in [1.807, 2.05) is 20.1 Å². The van der Waals surface area contributed by atoms with Crippen molar-refractivity contribution in [2.24, 2.45) is 5.92 Å². The van der Waals surface area contributed by atoms with Gasteiger partial charge in [0.25, 0.3) is 0 Å². The van der Waals surface area contributed by atoms with Crippen molar-refractivity contribution in [1.29, 1.82) is 0 Å². The Hall–Kier alpha value is -0.870. The summed E-state index contributed by atoms with van der Waals surface area (Å²) in [4.78, 5) is 22.5. The Labute approximate surface area is 154 Å². The first kappa shape index (κ1) is 24.1. The summed E-state index contributed by atoms with van der Waals surface area (Å²) in [6, 6.07) is 0. The molecule has 0 unspecified atom stereocenters. The summed E-state index contributed by atoms with van der Waals surface area (Å²) in [5, 5.41) is 5.46. The standard InChI is InChI=1S/C16H32N2O6S/c1-14(2)16(20)17-4-5-21-6-7-22-8-9-23-10-11-24-12-15(19)18-13-25-3/h14H,4-13H2,1-3H3,(H,17,20)(H,18,19). The van der Waals surface area contributed by atoms with E-state index >= 15 is 0 Å². The van der Waals surface area contributed by atoms with Crippen LogP contribution in [-0.2, 0) is 28.5 Å². The summed E-state index contributed by atoms with van der Waals surface area (Å²) in [5.41, 5.74) is 0. The lowest BCUT2D eigenvalue weighted by atomic mass is 10.2. The first-order valence-electron chi connectivity index (χ1n) is 8.42. The molecule has 0 heterocycles. The molecular formula is C16H32N2O6S. The molecule has 0 saturated heterocycles. The molecule has 148 valence electrons. The second-order valence-corrected chi connectivity index (χ2v) is 6.23. The second-order valence-electron chi connectivity index (χ2n) is 5.37. The van der Waals surface area contributed by atoms with Gasteiger partial charge in [0.1, 0.15) is 6.61 Å². The van der Waals surface area contributed by atoms with E-state index in [0.29, 0.717) is 58.7 Å². The van der Waals surface area contributed by atoms with E-state index in [1.165, 1.54) is 0 Å². The van der Waals surface area contributed by atoms with Gasteiger partial charge >= 0.3 is 0 Å². The lowest BCUT2D eigenvalue weighted by Gasteiger charge is -2.09. The number of ether oxygens (including phenoxy) is 4. The van der Waals surface area contributed by atoms with E-state index in [1.54, 1.807) is 11.8 Å². The maximum absolute atomic E-state index is 11.3. The summed E-state index contributed by atoms with van der Waals surface area (Å²) < 4.78 is 21.2. The van der Waals surface area contributed by atoms with E-state index in [4.69, 9.17) is 18.9 Å². The van der Waals surface area contributed by atoms with E-state index in [9.17, 15) is 9.59 Å². The molecule has 0 aliphatic carbocycles. The van der Waals surface area contributed by atoms with Gasteiger partial charge in [-0.2, -0.15) is 0 Å². The van der Waals surface area contributed by atoms with Crippen LogP contribution in [0.5, 0.6) is 0 Å². The van der Waals surface area contributed by atoms with Crippen LogP contribution in [-0.4, -0.2) is 83.3 Å². The molecular weight excluding hydrogens is 348 g/mol. The second kappa shape index (κ2) is 17.9. The third-order valence-corrected chi connectivity index (χ3v) is 3.27. The summed E-state index contributed by atoms with van der Waals surface area (Å²) in [7, 11) is 0. The molecule has 8 nitrogen and oxygen atoms in total. The molecule has 0 radical (unpaired) electrons. The van der Waals surface area contributed by atoms with Crippen molar-refractivity contribution < 1.29 is 28.5 Å². The first-order chi connectivity index (χ1) is 12.1. The molecule has 0 aliphatic heterocycles. The summed E-state index contributed by atoms with van der Waals surface area (Å²) in [6.45, 7) is 7.42. The molecule has 0 aromatic rings. The van der Waals surface area contributed by atoms with E-state index in [0.717, 1.165) is 0 Å². The Bertz CT molecular complexity index is 345. The number of hydrogen-bond donors (Lipinski definition) is 2. The van der Waals surface area contributed by atoms with Crippen LogP contribution in [0.4, 0.5) is 0 Å². The Kier molecular flexibility index (Phi) is 17.3. The fraction of sp³-hybridized carbons (Fsp3) is 0.875. The van der Waals surface area contributed by atoms with Crippen molar-refractivity contribution in [3.05, 3.63) is 0 Å². The Balaban J connectivity index is 3.14. The van der Waals surface area contributed by atoms with Crippen molar-refractivity contribution in [2.45, 2.75) is 13.8 Å². The molecule has 0 fully saturated rings. The van der Waals surface area contributed by atoms with Crippen LogP contribution in [0.15, 0.2) is 0 Å². The van der Waals surface area contributed by atoms with Gasteiger partial charge in [-0.05, 0) is 6.26 Å². The van der Waals surface area contributed by atoms with Gasteiger partial charge in [0.05, 0.1) is 52.1 Å². The number of thioether (sulfide) groups is 1. The number of hydrogen-bond acceptors (Lipinski definition) is 7. The quantitative estimate of drug-likeness (QED) is 0.276. The molecule has 2 N–H and O–H groups in total. The average Bonchev–Trinajstić information content (AvgIpc) is 2.59. The van der Waals surface area contributed by atoms with Gasteiger partial charge in [0.15, 0.2) is 0 Å². The predicted octanol–water partition coefficient (Wildman–Crippen LogP) is 0.262. The number of rotatable bonds is 17. The predicted molar refractivity (Wildman–Crippen MR) is 97.6 cm³/mol. The topological polar surface area (TPSA) is 95.1 Å². The smallest absolute Gasteiger partial charge is 0.246 e. The van der Waals surface area contributed by atoms with Crippen molar-refractivity contribution in [2.75, 3.05) is 71.5 Å². The van der Waals surface area contributed by atoms with E-state index in [2.05, 4.69) is 10.6 Å². The van der Waals surface area contributed by atoms with Crippen LogP contribution in [0.1, 0.15) is 13.8 Å². The minimum absolute atomic E-state index is 0.00829. The molecule has 0 bridgehead atoms. The highest BCUT2D eigenvalue weighted by molar-refractivity contribution is 7.98. The van der Waals surface area contributed by atoms with E-state index in [-0.39, 0.29) is 24.3 Å². The molecule has 25 heavy (non-hydrogen) atoms. The molecule has 2 amide bonds. The van der Waals surface area contributed by atoms with Crippen LogP contribution in [0.25, 0.3) is 0 Å². The lowest BCUT2D eigenvalue weighted by molar-refractivity contribution is -0.126. The Morgan fingerprint density at radius 3 is 1.88 bits per heavy atom.